The second kappa shape index (κ2) is 7.28. The molecule has 0 spiro atoms. The number of rotatable bonds is 6. The number of nitrogens with two attached hydrogens (primary N) is 1. The van der Waals surface area contributed by atoms with Crippen LogP contribution in [0.5, 0.6) is 0 Å². The fourth-order valence-electron chi connectivity index (χ4n) is 1.81. The standard InChI is InChI=1S/C17H14NO4/c18-15(16(20)14-8-6-12(10-19)7-9-14)17(21)22-11-13-4-2-1-3-5-13/h1-9,15H,11,18H2. The zero-order chi connectivity index (χ0) is 15.9. The van der Waals surface area contributed by atoms with Crippen LogP contribution in [0, 0.1) is 0 Å². The Bertz CT molecular complexity index is 665. The minimum atomic E-state index is -1.39. The van der Waals surface area contributed by atoms with Crippen LogP contribution in [0.3, 0.4) is 0 Å². The van der Waals surface area contributed by atoms with Crippen LogP contribution < -0.4 is 5.73 Å². The minimum absolute atomic E-state index is 0.0553. The molecule has 2 N–H and O–H groups in total. The maximum absolute atomic E-state index is 12.1. The first-order chi connectivity index (χ1) is 10.6. The summed E-state index contributed by atoms with van der Waals surface area (Å²) in [6, 6.07) is 13.4. The van der Waals surface area contributed by atoms with Crippen molar-refractivity contribution in [1.29, 1.82) is 0 Å². The van der Waals surface area contributed by atoms with Gasteiger partial charge in [0.2, 0.25) is 6.29 Å². The van der Waals surface area contributed by atoms with Gasteiger partial charge in [-0.25, -0.2) is 4.79 Å². The Kier molecular flexibility index (Phi) is 5.16. The summed E-state index contributed by atoms with van der Waals surface area (Å²) in [4.78, 5) is 34.3. The minimum Gasteiger partial charge on any atom is -0.459 e. The van der Waals surface area contributed by atoms with E-state index in [-0.39, 0.29) is 12.2 Å². The fourth-order valence-corrected chi connectivity index (χ4v) is 1.81. The monoisotopic (exact) mass is 296 g/mol. The van der Waals surface area contributed by atoms with Crippen molar-refractivity contribution in [3.63, 3.8) is 0 Å². The molecule has 0 amide bonds. The van der Waals surface area contributed by atoms with Crippen LogP contribution in [-0.2, 0) is 20.9 Å². The number of esters is 1. The Labute approximate surface area is 127 Å². The lowest BCUT2D eigenvalue weighted by molar-refractivity contribution is -0.145. The van der Waals surface area contributed by atoms with Gasteiger partial charge in [-0.2, -0.15) is 0 Å². The lowest BCUT2D eigenvalue weighted by atomic mass is 10.0. The van der Waals surface area contributed by atoms with Crippen LogP contribution in [0.2, 0.25) is 0 Å². The molecule has 2 rings (SSSR count). The number of ketones is 1. The van der Waals surface area contributed by atoms with E-state index in [4.69, 9.17) is 10.5 Å². The Balaban J connectivity index is 1.96. The second-order valence-electron chi connectivity index (χ2n) is 4.61. The molecule has 0 aliphatic heterocycles. The van der Waals surface area contributed by atoms with Crippen molar-refractivity contribution in [2.24, 2.45) is 5.73 Å². The third-order valence-corrected chi connectivity index (χ3v) is 3.05. The van der Waals surface area contributed by atoms with Crippen LogP contribution in [0.25, 0.3) is 0 Å². The number of ether oxygens (including phenoxy) is 1. The summed E-state index contributed by atoms with van der Waals surface area (Å²) in [5.41, 5.74) is 6.99. The summed E-state index contributed by atoms with van der Waals surface area (Å²) in [7, 11) is 0. The Hall–Kier alpha value is -2.79. The van der Waals surface area contributed by atoms with Gasteiger partial charge < -0.3 is 10.5 Å². The average molecular weight is 296 g/mol. The van der Waals surface area contributed by atoms with E-state index < -0.39 is 17.8 Å². The summed E-state index contributed by atoms with van der Waals surface area (Å²) in [6.45, 7) is 0.0553. The van der Waals surface area contributed by atoms with Gasteiger partial charge in [0.15, 0.2) is 11.8 Å². The Morgan fingerprint density at radius 2 is 1.68 bits per heavy atom. The molecule has 111 valence electrons. The lowest BCUT2D eigenvalue weighted by Crippen LogP contribution is -2.39. The summed E-state index contributed by atoms with van der Waals surface area (Å²) in [5, 5.41) is 0. The van der Waals surface area contributed by atoms with Crippen molar-refractivity contribution in [1.82, 2.24) is 0 Å². The molecule has 5 heteroatoms. The van der Waals surface area contributed by atoms with Gasteiger partial charge in [0.25, 0.3) is 0 Å². The summed E-state index contributed by atoms with van der Waals surface area (Å²) >= 11 is 0. The van der Waals surface area contributed by atoms with Crippen molar-refractivity contribution < 1.29 is 19.1 Å². The Morgan fingerprint density at radius 3 is 2.27 bits per heavy atom. The molecular weight excluding hydrogens is 282 g/mol. The first kappa shape index (κ1) is 15.6. The maximum atomic E-state index is 12.1. The van der Waals surface area contributed by atoms with Crippen molar-refractivity contribution in [2.75, 3.05) is 0 Å². The van der Waals surface area contributed by atoms with E-state index in [1.54, 1.807) is 18.4 Å². The van der Waals surface area contributed by atoms with E-state index in [0.717, 1.165) is 5.56 Å². The molecule has 0 aliphatic carbocycles. The summed E-state index contributed by atoms with van der Waals surface area (Å²) in [6.07, 6.45) is 1.70. The highest BCUT2D eigenvalue weighted by atomic mass is 16.5. The molecule has 22 heavy (non-hydrogen) atoms. The first-order valence-corrected chi connectivity index (χ1v) is 6.60. The van der Waals surface area contributed by atoms with Crippen molar-refractivity contribution in [3.05, 3.63) is 71.3 Å². The number of hydrogen-bond acceptors (Lipinski definition) is 5. The predicted molar refractivity (Wildman–Crippen MR) is 79.8 cm³/mol. The first-order valence-electron chi connectivity index (χ1n) is 6.60. The van der Waals surface area contributed by atoms with Gasteiger partial charge in [-0.3, -0.25) is 9.59 Å². The SMILES string of the molecule is NC(C(=O)OCc1ccccc1)C(=O)c1ccc([C]=O)cc1. The van der Waals surface area contributed by atoms with Gasteiger partial charge in [-0.1, -0.05) is 54.6 Å². The molecule has 0 aliphatic rings. The zero-order valence-corrected chi connectivity index (χ0v) is 11.7. The fraction of sp³-hybridized carbons (Fsp3) is 0.118. The third-order valence-electron chi connectivity index (χ3n) is 3.05. The molecule has 0 saturated carbocycles. The van der Waals surface area contributed by atoms with E-state index in [1.165, 1.54) is 24.3 Å². The van der Waals surface area contributed by atoms with Gasteiger partial charge in [-0.05, 0) is 5.56 Å². The topological polar surface area (TPSA) is 86.5 Å². The number of hydrogen-bond donors (Lipinski definition) is 1. The highest BCUT2D eigenvalue weighted by Gasteiger charge is 2.24. The highest BCUT2D eigenvalue weighted by molar-refractivity contribution is 6.11. The molecule has 1 atom stereocenters. The molecule has 1 radical (unpaired) electrons. The molecule has 0 bridgehead atoms. The van der Waals surface area contributed by atoms with Gasteiger partial charge in [-0.15, -0.1) is 0 Å². The third kappa shape index (κ3) is 3.86. The molecule has 0 aromatic heterocycles. The average Bonchev–Trinajstić information content (AvgIpc) is 2.59. The van der Waals surface area contributed by atoms with Gasteiger partial charge in [0, 0.05) is 11.1 Å². The van der Waals surface area contributed by atoms with Crippen molar-refractivity contribution in [2.45, 2.75) is 12.6 Å². The molecule has 0 heterocycles. The highest BCUT2D eigenvalue weighted by Crippen LogP contribution is 2.07. The van der Waals surface area contributed by atoms with E-state index >= 15 is 0 Å². The largest absolute Gasteiger partial charge is 0.459 e. The summed E-state index contributed by atoms with van der Waals surface area (Å²) in [5.74, 6) is -1.35. The van der Waals surface area contributed by atoms with Crippen LogP contribution in [0.15, 0.2) is 54.6 Å². The lowest BCUT2D eigenvalue weighted by Gasteiger charge is -2.11. The van der Waals surface area contributed by atoms with E-state index in [2.05, 4.69) is 0 Å². The van der Waals surface area contributed by atoms with Crippen LogP contribution in [-0.4, -0.2) is 24.1 Å². The van der Waals surface area contributed by atoms with E-state index in [9.17, 15) is 14.4 Å². The number of carbonyl (C=O) groups is 2. The van der Waals surface area contributed by atoms with E-state index in [0.29, 0.717) is 5.56 Å². The van der Waals surface area contributed by atoms with Crippen LogP contribution >= 0.6 is 0 Å². The number of carbonyl (C=O) groups excluding carboxylic acids is 3. The summed E-state index contributed by atoms with van der Waals surface area (Å²) < 4.78 is 5.03. The predicted octanol–water partition coefficient (Wildman–Crippen LogP) is 1.40. The van der Waals surface area contributed by atoms with Crippen LogP contribution in [0.1, 0.15) is 21.5 Å². The Morgan fingerprint density at radius 1 is 1.05 bits per heavy atom. The molecular formula is C17H14NO4. The molecule has 1 unspecified atom stereocenters. The maximum Gasteiger partial charge on any atom is 0.331 e. The zero-order valence-electron chi connectivity index (χ0n) is 11.7. The molecule has 5 nitrogen and oxygen atoms in total. The number of Topliss-reactive ketones (excluding diaryl/α,β-unsaturated/α-hetero) is 1. The molecule has 0 fully saturated rings. The van der Waals surface area contributed by atoms with Gasteiger partial charge in [0.1, 0.15) is 6.61 Å². The molecule has 2 aromatic rings. The van der Waals surface area contributed by atoms with Gasteiger partial charge in [0.05, 0.1) is 0 Å². The number of benzene rings is 2. The van der Waals surface area contributed by atoms with E-state index in [1.807, 2.05) is 18.2 Å². The normalized spacial score (nSPS) is 11.5. The van der Waals surface area contributed by atoms with Crippen molar-refractivity contribution >= 4 is 18.0 Å². The van der Waals surface area contributed by atoms with Gasteiger partial charge >= 0.3 is 5.97 Å². The van der Waals surface area contributed by atoms with Crippen molar-refractivity contribution in [3.8, 4) is 0 Å². The molecule has 2 aromatic carbocycles. The smallest absolute Gasteiger partial charge is 0.331 e. The quantitative estimate of drug-likeness (QED) is 0.494. The van der Waals surface area contributed by atoms with Crippen LogP contribution in [0.4, 0.5) is 0 Å². The second-order valence-corrected chi connectivity index (χ2v) is 4.61. The molecule has 0 saturated heterocycles.